The third-order valence-corrected chi connectivity index (χ3v) is 2.50. The Balaban J connectivity index is 2.60. The first-order chi connectivity index (χ1) is 7.26. The average Bonchev–Trinajstić information content (AvgIpc) is 2.56. The maximum Gasteiger partial charge on any atom is 0.213 e. The van der Waals surface area contributed by atoms with Crippen molar-refractivity contribution in [3.05, 3.63) is 23.9 Å². The van der Waals surface area contributed by atoms with Crippen LogP contribution in [0.2, 0.25) is 0 Å². The lowest BCUT2D eigenvalue weighted by molar-refractivity contribution is 0.399. The van der Waals surface area contributed by atoms with Crippen LogP contribution >= 0.6 is 0 Å². The summed E-state index contributed by atoms with van der Waals surface area (Å²) < 4.78 is 7.18. The number of aryl methyl sites for hydroxylation is 1. The number of rotatable bonds is 3. The van der Waals surface area contributed by atoms with Crippen LogP contribution in [-0.4, -0.2) is 23.2 Å². The first kappa shape index (κ1) is 9.98. The van der Waals surface area contributed by atoms with Crippen LogP contribution < -0.4 is 10.5 Å². The zero-order chi connectivity index (χ0) is 10.8. The van der Waals surface area contributed by atoms with Crippen LogP contribution in [0.1, 0.15) is 5.56 Å². The topological polar surface area (TPSA) is 53.1 Å². The SMILES string of the molecule is COc1ccc2c(n1)c(CCN)cn2C. The van der Waals surface area contributed by atoms with Crippen molar-refractivity contribution in [2.75, 3.05) is 13.7 Å². The van der Waals surface area contributed by atoms with Crippen LogP contribution in [0.3, 0.4) is 0 Å². The van der Waals surface area contributed by atoms with Gasteiger partial charge in [0.05, 0.1) is 18.1 Å². The van der Waals surface area contributed by atoms with E-state index in [0.717, 1.165) is 17.5 Å². The third kappa shape index (κ3) is 1.68. The Labute approximate surface area is 88.7 Å². The lowest BCUT2D eigenvalue weighted by atomic mass is 10.2. The summed E-state index contributed by atoms with van der Waals surface area (Å²) in [6.45, 7) is 0.637. The van der Waals surface area contributed by atoms with E-state index in [4.69, 9.17) is 10.5 Å². The van der Waals surface area contributed by atoms with Crippen molar-refractivity contribution in [2.45, 2.75) is 6.42 Å². The van der Waals surface area contributed by atoms with Gasteiger partial charge in [0.25, 0.3) is 0 Å². The predicted molar refractivity (Wildman–Crippen MR) is 60.0 cm³/mol. The zero-order valence-electron chi connectivity index (χ0n) is 9.03. The second kappa shape index (κ2) is 3.90. The van der Waals surface area contributed by atoms with Crippen LogP contribution in [0.4, 0.5) is 0 Å². The molecule has 0 aliphatic heterocycles. The zero-order valence-corrected chi connectivity index (χ0v) is 9.03. The summed E-state index contributed by atoms with van der Waals surface area (Å²) in [7, 11) is 3.64. The highest BCUT2D eigenvalue weighted by Crippen LogP contribution is 2.21. The maximum atomic E-state index is 5.56. The minimum absolute atomic E-state index is 0.637. The molecule has 0 unspecified atom stereocenters. The van der Waals surface area contributed by atoms with Crippen molar-refractivity contribution < 1.29 is 4.74 Å². The van der Waals surface area contributed by atoms with E-state index in [-0.39, 0.29) is 0 Å². The Kier molecular flexibility index (Phi) is 2.60. The highest BCUT2D eigenvalue weighted by atomic mass is 16.5. The van der Waals surface area contributed by atoms with Crippen LogP contribution in [0, 0.1) is 0 Å². The molecule has 0 amide bonds. The number of nitrogens with zero attached hydrogens (tertiary/aromatic N) is 2. The number of hydrogen-bond acceptors (Lipinski definition) is 3. The van der Waals surface area contributed by atoms with Gasteiger partial charge in [-0.25, -0.2) is 4.98 Å². The van der Waals surface area contributed by atoms with Crippen molar-refractivity contribution in [3.63, 3.8) is 0 Å². The summed E-state index contributed by atoms with van der Waals surface area (Å²) in [5, 5.41) is 0. The quantitative estimate of drug-likeness (QED) is 0.815. The first-order valence-electron chi connectivity index (χ1n) is 4.95. The molecule has 0 radical (unpaired) electrons. The summed E-state index contributed by atoms with van der Waals surface area (Å²) in [6.07, 6.45) is 2.92. The molecule has 4 heteroatoms. The lowest BCUT2D eigenvalue weighted by Gasteiger charge is -2.00. The molecule has 0 spiro atoms. The van der Waals surface area contributed by atoms with Crippen molar-refractivity contribution in [3.8, 4) is 5.88 Å². The fourth-order valence-electron chi connectivity index (χ4n) is 1.77. The molecular weight excluding hydrogens is 190 g/mol. The number of fused-ring (bicyclic) bond motifs is 1. The van der Waals surface area contributed by atoms with Gasteiger partial charge < -0.3 is 15.0 Å². The molecule has 2 aromatic heterocycles. The van der Waals surface area contributed by atoms with E-state index in [0.29, 0.717) is 12.4 Å². The molecule has 0 fully saturated rings. The smallest absolute Gasteiger partial charge is 0.213 e. The standard InChI is InChI=1S/C11H15N3O/c1-14-7-8(5-6-12)11-9(14)3-4-10(13-11)15-2/h3-4,7H,5-6,12H2,1-2H3. The molecule has 2 N–H and O–H groups in total. The van der Waals surface area contributed by atoms with Crippen LogP contribution in [0.5, 0.6) is 5.88 Å². The Morgan fingerprint density at radius 1 is 1.47 bits per heavy atom. The minimum Gasteiger partial charge on any atom is -0.481 e. The van der Waals surface area contributed by atoms with Gasteiger partial charge in [-0.3, -0.25) is 0 Å². The molecule has 0 aromatic carbocycles. The van der Waals surface area contributed by atoms with E-state index in [1.165, 1.54) is 5.56 Å². The van der Waals surface area contributed by atoms with E-state index < -0.39 is 0 Å². The molecule has 0 saturated carbocycles. The molecule has 2 aromatic rings. The minimum atomic E-state index is 0.637. The second-order valence-electron chi connectivity index (χ2n) is 3.53. The van der Waals surface area contributed by atoms with Gasteiger partial charge in [0.1, 0.15) is 0 Å². The normalized spacial score (nSPS) is 10.9. The van der Waals surface area contributed by atoms with E-state index >= 15 is 0 Å². The molecular formula is C11H15N3O. The van der Waals surface area contributed by atoms with Gasteiger partial charge in [-0.1, -0.05) is 0 Å². The molecule has 2 heterocycles. The number of pyridine rings is 1. The van der Waals surface area contributed by atoms with Crippen molar-refractivity contribution >= 4 is 11.0 Å². The van der Waals surface area contributed by atoms with Crippen LogP contribution in [0.15, 0.2) is 18.3 Å². The number of nitrogens with two attached hydrogens (primary N) is 1. The number of methoxy groups -OCH3 is 1. The summed E-state index contributed by atoms with van der Waals surface area (Å²) in [5.74, 6) is 0.645. The summed E-state index contributed by atoms with van der Waals surface area (Å²) in [6, 6.07) is 3.88. The fourth-order valence-corrected chi connectivity index (χ4v) is 1.77. The monoisotopic (exact) mass is 205 g/mol. The summed E-state index contributed by atoms with van der Waals surface area (Å²) in [4.78, 5) is 4.43. The molecule has 0 aliphatic carbocycles. The number of aromatic nitrogens is 2. The van der Waals surface area contributed by atoms with Gasteiger partial charge in [-0.15, -0.1) is 0 Å². The Bertz CT molecular complexity index is 476. The number of hydrogen-bond donors (Lipinski definition) is 1. The Morgan fingerprint density at radius 2 is 2.27 bits per heavy atom. The Morgan fingerprint density at radius 3 is 2.93 bits per heavy atom. The molecule has 0 bridgehead atoms. The molecule has 2 rings (SSSR count). The first-order valence-corrected chi connectivity index (χ1v) is 4.95. The second-order valence-corrected chi connectivity index (χ2v) is 3.53. The van der Waals surface area contributed by atoms with Gasteiger partial charge in [0.15, 0.2) is 0 Å². The van der Waals surface area contributed by atoms with E-state index in [9.17, 15) is 0 Å². The van der Waals surface area contributed by atoms with Crippen molar-refractivity contribution in [2.24, 2.45) is 12.8 Å². The largest absolute Gasteiger partial charge is 0.481 e. The molecule has 0 atom stereocenters. The lowest BCUT2D eigenvalue weighted by Crippen LogP contribution is -2.02. The number of ether oxygens (including phenoxy) is 1. The highest BCUT2D eigenvalue weighted by molar-refractivity contribution is 5.80. The molecule has 15 heavy (non-hydrogen) atoms. The predicted octanol–water partition coefficient (Wildman–Crippen LogP) is 1.08. The third-order valence-electron chi connectivity index (χ3n) is 2.50. The van der Waals surface area contributed by atoms with Gasteiger partial charge in [-0.2, -0.15) is 0 Å². The fraction of sp³-hybridized carbons (Fsp3) is 0.364. The summed E-state index contributed by atoms with van der Waals surface area (Å²) in [5.41, 5.74) is 8.84. The average molecular weight is 205 g/mol. The van der Waals surface area contributed by atoms with E-state index in [1.54, 1.807) is 7.11 Å². The molecule has 4 nitrogen and oxygen atoms in total. The molecule has 80 valence electrons. The van der Waals surface area contributed by atoms with E-state index in [1.807, 2.05) is 19.2 Å². The molecule has 0 aliphatic rings. The van der Waals surface area contributed by atoms with Crippen molar-refractivity contribution in [1.29, 1.82) is 0 Å². The molecule has 0 saturated heterocycles. The van der Waals surface area contributed by atoms with E-state index in [2.05, 4.69) is 15.7 Å². The van der Waals surface area contributed by atoms with Gasteiger partial charge >= 0.3 is 0 Å². The maximum absolute atomic E-state index is 5.56. The van der Waals surface area contributed by atoms with Crippen LogP contribution in [0.25, 0.3) is 11.0 Å². The van der Waals surface area contributed by atoms with Gasteiger partial charge in [-0.05, 0) is 24.6 Å². The van der Waals surface area contributed by atoms with Gasteiger partial charge in [0.2, 0.25) is 5.88 Å². The Hall–Kier alpha value is -1.55. The van der Waals surface area contributed by atoms with Crippen molar-refractivity contribution in [1.82, 2.24) is 9.55 Å². The summed E-state index contributed by atoms with van der Waals surface area (Å²) >= 11 is 0. The van der Waals surface area contributed by atoms with Crippen LogP contribution in [-0.2, 0) is 13.5 Å². The highest BCUT2D eigenvalue weighted by Gasteiger charge is 2.08. The van der Waals surface area contributed by atoms with Gasteiger partial charge in [0, 0.05) is 19.3 Å².